The molecule has 0 fully saturated rings. The van der Waals surface area contributed by atoms with Gasteiger partial charge < -0.3 is 5.32 Å². The van der Waals surface area contributed by atoms with E-state index in [2.05, 4.69) is 35.2 Å². The van der Waals surface area contributed by atoms with E-state index in [0.717, 1.165) is 33.2 Å². The molecule has 5 heteroatoms. The van der Waals surface area contributed by atoms with Gasteiger partial charge in [-0.3, -0.25) is 9.78 Å². The summed E-state index contributed by atoms with van der Waals surface area (Å²) in [5.74, 6) is 0.218. The Morgan fingerprint density at radius 3 is 2.60 bits per heavy atom. The Morgan fingerprint density at radius 2 is 1.92 bits per heavy atom. The number of aryl methyl sites for hydroxylation is 2. The second-order valence-corrected chi connectivity index (χ2v) is 7.30. The van der Waals surface area contributed by atoms with Gasteiger partial charge in [0, 0.05) is 11.9 Å². The van der Waals surface area contributed by atoms with E-state index in [9.17, 15) is 4.79 Å². The molecular formula is C20H21N3OS. The van der Waals surface area contributed by atoms with Gasteiger partial charge in [0.25, 0.3) is 5.91 Å². The van der Waals surface area contributed by atoms with E-state index in [0.29, 0.717) is 10.8 Å². The molecule has 2 heterocycles. The Morgan fingerprint density at radius 1 is 1.12 bits per heavy atom. The molecule has 3 rings (SSSR count). The van der Waals surface area contributed by atoms with Gasteiger partial charge in [0.05, 0.1) is 11.4 Å². The van der Waals surface area contributed by atoms with Crippen LogP contribution in [0.2, 0.25) is 0 Å². The van der Waals surface area contributed by atoms with E-state index in [-0.39, 0.29) is 5.91 Å². The van der Waals surface area contributed by atoms with E-state index in [1.54, 1.807) is 6.20 Å². The zero-order valence-electron chi connectivity index (χ0n) is 14.8. The highest BCUT2D eigenvalue weighted by molar-refractivity contribution is 7.17. The third-order valence-electron chi connectivity index (χ3n) is 4.05. The van der Waals surface area contributed by atoms with Gasteiger partial charge in [0.1, 0.15) is 9.88 Å². The summed E-state index contributed by atoms with van der Waals surface area (Å²) in [6, 6.07) is 11.8. The summed E-state index contributed by atoms with van der Waals surface area (Å²) < 4.78 is 0. The molecule has 3 aromatic rings. The number of anilines is 1. The molecule has 1 aromatic carbocycles. The molecule has 1 amide bonds. The number of benzene rings is 1. The number of carbonyl (C=O) groups excluding carboxylic acids is 1. The molecule has 0 saturated carbocycles. The molecule has 0 unspecified atom stereocenters. The fraction of sp³-hybridized carbons (Fsp3) is 0.250. The zero-order chi connectivity index (χ0) is 18.0. The number of thiazole rings is 1. The molecule has 0 aliphatic heterocycles. The molecule has 1 N–H and O–H groups in total. The monoisotopic (exact) mass is 351 g/mol. The van der Waals surface area contributed by atoms with Crippen LogP contribution in [0.1, 0.15) is 46.3 Å². The average Bonchev–Trinajstić information content (AvgIpc) is 2.99. The van der Waals surface area contributed by atoms with Crippen LogP contribution in [-0.2, 0) is 0 Å². The normalized spacial score (nSPS) is 10.9. The molecule has 0 saturated heterocycles. The van der Waals surface area contributed by atoms with E-state index in [4.69, 9.17) is 0 Å². The number of para-hydroxylation sites is 1. The first kappa shape index (κ1) is 17.3. The van der Waals surface area contributed by atoms with E-state index in [1.165, 1.54) is 11.3 Å². The number of hydrogen-bond donors (Lipinski definition) is 1. The molecule has 0 radical (unpaired) electrons. The van der Waals surface area contributed by atoms with Gasteiger partial charge in [-0.05, 0) is 43.0 Å². The summed E-state index contributed by atoms with van der Waals surface area (Å²) in [6.07, 6.45) is 1.73. The molecule has 0 bridgehead atoms. The zero-order valence-corrected chi connectivity index (χ0v) is 15.6. The predicted octanol–water partition coefficient (Wildman–Crippen LogP) is 5.20. The Balaban J connectivity index is 1.92. The highest BCUT2D eigenvalue weighted by Gasteiger charge is 2.19. The third-order valence-corrected chi connectivity index (χ3v) is 5.23. The van der Waals surface area contributed by atoms with Crippen LogP contribution in [0.4, 0.5) is 5.69 Å². The van der Waals surface area contributed by atoms with Gasteiger partial charge in [-0.1, -0.05) is 38.1 Å². The minimum Gasteiger partial charge on any atom is -0.321 e. The van der Waals surface area contributed by atoms with Crippen LogP contribution in [0, 0.1) is 13.8 Å². The Kier molecular flexibility index (Phi) is 4.95. The van der Waals surface area contributed by atoms with Gasteiger partial charge in [0.2, 0.25) is 0 Å². The van der Waals surface area contributed by atoms with Crippen molar-refractivity contribution in [2.24, 2.45) is 0 Å². The molecule has 4 nitrogen and oxygen atoms in total. The molecule has 0 atom stereocenters. The second-order valence-electron chi connectivity index (χ2n) is 6.30. The van der Waals surface area contributed by atoms with Crippen LogP contribution in [0.15, 0.2) is 42.6 Å². The topological polar surface area (TPSA) is 54.9 Å². The number of carbonyl (C=O) groups is 1. The van der Waals surface area contributed by atoms with E-state index >= 15 is 0 Å². The molecule has 25 heavy (non-hydrogen) atoms. The minimum absolute atomic E-state index is 0.117. The smallest absolute Gasteiger partial charge is 0.267 e. The highest BCUT2D eigenvalue weighted by Crippen LogP contribution is 2.30. The van der Waals surface area contributed by atoms with Crippen molar-refractivity contribution < 1.29 is 4.79 Å². The molecule has 0 spiro atoms. The van der Waals surface area contributed by atoms with Crippen LogP contribution < -0.4 is 5.32 Å². The van der Waals surface area contributed by atoms with Crippen molar-refractivity contribution in [2.45, 2.75) is 33.6 Å². The maximum atomic E-state index is 12.8. The van der Waals surface area contributed by atoms with Crippen molar-refractivity contribution in [2.75, 3.05) is 5.32 Å². The number of amides is 1. The minimum atomic E-state index is -0.117. The van der Waals surface area contributed by atoms with Crippen molar-refractivity contribution in [1.82, 2.24) is 9.97 Å². The second kappa shape index (κ2) is 7.15. The van der Waals surface area contributed by atoms with Crippen molar-refractivity contribution in [3.8, 4) is 10.7 Å². The standard InChI is InChI=1S/C20H21N3OS/c1-12(2)15-9-7-8-13(3)17(15)23-19(24)18-14(4)22-20(25-18)16-10-5-6-11-21-16/h5-12H,1-4H3,(H,23,24). The molecule has 128 valence electrons. The van der Waals surface area contributed by atoms with Crippen LogP contribution in [0.3, 0.4) is 0 Å². The fourth-order valence-corrected chi connectivity index (χ4v) is 3.66. The molecular weight excluding hydrogens is 330 g/mol. The lowest BCUT2D eigenvalue weighted by Gasteiger charge is -2.16. The Bertz CT molecular complexity index is 901. The van der Waals surface area contributed by atoms with Gasteiger partial charge in [0.15, 0.2) is 0 Å². The van der Waals surface area contributed by atoms with Crippen LogP contribution in [0.5, 0.6) is 0 Å². The number of nitrogens with one attached hydrogen (secondary N) is 1. The third kappa shape index (κ3) is 3.61. The van der Waals surface area contributed by atoms with E-state index in [1.807, 2.05) is 44.2 Å². The molecule has 0 aliphatic carbocycles. The summed E-state index contributed by atoms with van der Waals surface area (Å²) in [4.78, 5) is 22.3. The van der Waals surface area contributed by atoms with Crippen molar-refractivity contribution in [3.63, 3.8) is 0 Å². The number of pyridine rings is 1. The molecule has 2 aromatic heterocycles. The maximum Gasteiger partial charge on any atom is 0.267 e. The largest absolute Gasteiger partial charge is 0.321 e. The maximum absolute atomic E-state index is 12.8. The SMILES string of the molecule is Cc1cccc(C(C)C)c1NC(=O)c1sc(-c2ccccn2)nc1C. The van der Waals surface area contributed by atoms with Crippen LogP contribution in [-0.4, -0.2) is 15.9 Å². The van der Waals surface area contributed by atoms with Crippen molar-refractivity contribution >= 4 is 22.9 Å². The first-order chi connectivity index (χ1) is 12.0. The summed E-state index contributed by atoms with van der Waals surface area (Å²) in [5, 5.41) is 3.85. The Hall–Kier alpha value is -2.53. The van der Waals surface area contributed by atoms with E-state index < -0.39 is 0 Å². The number of nitrogens with zero attached hydrogens (tertiary/aromatic N) is 2. The van der Waals surface area contributed by atoms with Gasteiger partial charge in [-0.25, -0.2) is 4.98 Å². The number of rotatable bonds is 4. The Labute approximate surface area is 152 Å². The van der Waals surface area contributed by atoms with Gasteiger partial charge in [-0.2, -0.15) is 0 Å². The lowest BCUT2D eigenvalue weighted by molar-refractivity contribution is 0.102. The number of hydrogen-bond acceptors (Lipinski definition) is 4. The van der Waals surface area contributed by atoms with Gasteiger partial charge >= 0.3 is 0 Å². The summed E-state index contributed by atoms with van der Waals surface area (Å²) in [5.41, 5.74) is 4.61. The molecule has 0 aliphatic rings. The van der Waals surface area contributed by atoms with Crippen molar-refractivity contribution in [3.05, 3.63) is 64.3 Å². The van der Waals surface area contributed by atoms with Crippen LogP contribution in [0.25, 0.3) is 10.7 Å². The quantitative estimate of drug-likeness (QED) is 0.703. The predicted molar refractivity (Wildman–Crippen MR) is 103 cm³/mol. The summed E-state index contributed by atoms with van der Waals surface area (Å²) >= 11 is 1.37. The highest BCUT2D eigenvalue weighted by atomic mass is 32.1. The van der Waals surface area contributed by atoms with Crippen LogP contribution >= 0.6 is 11.3 Å². The average molecular weight is 351 g/mol. The first-order valence-corrected chi connectivity index (χ1v) is 9.08. The summed E-state index contributed by atoms with van der Waals surface area (Å²) in [6.45, 7) is 8.13. The number of aromatic nitrogens is 2. The fourth-order valence-electron chi connectivity index (χ4n) is 2.72. The van der Waals surface area contributed by atoms with Crippen molar-refractivity contribution in [1.29, 1.82) is 0 Å². The first-order valence-electron chi connectivity index (χ1n) is 8.27. The van der Waals surface area contributed by atoms with Gasteiger partial charge in [-0.15, -0.1) is 11.3 Å². The lowest BCUT2D eigenvalue weighted by atomic mass is 9.98. The summed E-state index contributed by atoms with van der Waals surface area (Å²) in [7, 11) is 0. The lowest BCUT2D eigenvalue weighted by Crippen LogP contribution is -2.14.